The van der Waals surface area contributed by atoms with Gasteiger partial charge in [0.1, 0.15) is 0 Å². The summed E-state index contributed by atoms with van der Waals surface area (Å²) in [5, 5.41) is 9.44. The van der Waals surface area contributed by atoms with Gasteiger partial charge in [-0.05, 0) is 25.1 Å². The van der Waals surface area contributed by atoms with Gasteiger partial charge in [-0.2, -0.15) is 0 Å². The first-order chi connectivity index (χ1) is 7.33. The minimum atomic E-state index is -3.65. The minimum absolute atomic E-state index is 0.0163. The SMILES string of the molecule is CC(O)CNS(=O)(=O)c1ccc(Cl)c(Cl)c1. The topological polar surface area (TPSA) is 66.4 Å². The third-order valence-electron chi connectivity index (χ3n) is 1.77. The Balaban J connectivity index is 2.94. The average Bonchev–Trinajstić information content (AvgIpc) is 2.19. The van der Waals surface area contributed by atoms with Gasteiger partial charge >= 0.3 is 0 Å². The molecule has 0 heterocycles. The molecule has 2 N–H and O–H groups in total. The van der Waals surface area contributed by atoms with Gasteiger partial charge in [-0.3, -0.25) is 0 Å². The lowest BCUT2D eigenvalue weighted by atomic mass is 10.4. The van der Waals surface area contributed by atoms with E-state index in [1.54, 1.807) is 0 Å². The second-order valence-corrected chi connectivity index (χ2v) is 5.86. The van der Waals surface area contributed by atoms with Gasteiger partial charge in [0.15, 0.2) is 0 Å². The van der Waals surface area contributed by atoms with Crippen LogP contribution in [0.1, 0.15) is 6.92 Å². The molecule has 0 saturated carbocycles. The van der Waals surface area contributed by atoms with E-state index >= 15 is 0 Å². The van der Waals surface area contributed by atoms with Crippen molar-refractivity contribution in [1.82, 2.24) is 4.72 Å². The quantitative estimate of drug-likeness (QED) is 0.883. The van der Waals surface area contributed by atoms with Gasteiger partial charge < -0.3 is 5.11 Å². The van der Waals surface area contributed by atoms with Crippen molar-refractivity contribution < 1.29 is 13.5 Å². The zero-order chi connectivity index (χ0) is 12.3. The molecule has 7 heteroatoms. The summed E-state index contributed by atoms with van der Waals surface area (Å²) in [4.78, 5) is 0.0163. The lowest BCUT2D eigenvalue weighted by molar-refractivity contribution is 0.198. The number of sulfonamides is 1. The van der Waals surface area contributed by atoms with Gasteiger partial charge in [-0.1, -0.05) is 23.2 Å². The van der Waals surface area contributed by atoms with Crippen molar-refractivity contribution in [2.75, 3.05) is 6.54 Å². The maximum absolute atomic E-state index is 11.7. The molecule has 90 valence electrons. The van der Waals surface area contributed by atoms with Crippen LogP contribution in [0.3, 0.4) is 0 Å². The summed E-state index contributed by atoms with van der Waals surface area (Å²) in [7, 11) is -3.65. The van der Waals surface area contributed by atoms with E-state index in [0.717, 1.165) is 0 Å². The lowest BCUT2D eigenvalue weighted by Crippen LogP contribution is -2.30. The highest BCUT2D eigenvalue weighted by atomic mass is 35.5. The maximum Gasteiger partial charge on any atom is 0.240 e. The molecule has 0 fully saturated rings. The van der Waals surface area contributed by atoms with Crippen LogP contribution in [0, 0.1) is 0 Å². The molecule has 1 aromatic carbocycles. The van der Waals surface area contributed by atoms with Gasteiger partial charge in [-0.25, -0.2) is 13.1 Å². The summed E-state index contributed by atoms with van der Waals surface area (Å²) in [5.41, 5.74) is 0. The van der Waals surface area contributed by atoms with Gasteiger partial charge in [0.05, 0.1) is 21.0 Å². The van der Waals surface area contributed by atoms with Crippen LogP contribution in [-0.4, -0.2) is 26.2 Å². The fourth-order valence-corrected chi connectivity index (χ4v) is 2.47. The van der Waals surface area contributed by atoms with Crippen molar-refractivity contribution in [2.45, 2.75) is 17.9 Å². The first-order valence-corrected chi connectivity index (χ1v) is 6.69. The predicted octanol–water partition coefficient (Wildman–Crippen LogP) is 1.65. The first kappa shape index (κ1) is 13.7. The zero-order valence-electron chi connectivity index (χ0n) is 8.44. The summed E-state index contributed by atoms with van der Waals surface area (Å²) in [6.45, 7) is 1.43. The van der Waals surface area contributed by atoms with E-state index in [1.807, 2.05) is 0 Å². The summed E-state index contributed by atoms with van der Waals surface area (Å²) in [6, 6.07) is 4.01. The molecule has 1 atom stereocenters. The van der Waals surface area contributed by atoms with Gasteiger partial charge in [0, 0.05) is 6.54 Å². The van der Waals surface area contributed by atoms with Crippen molar-refractivity contribution in [3.63, 3.8) is 0 Å². The van der Waals surface area contributed by atoms with Crippen molar-refractivity contribution in [3.8, 4) is 0 Å². The van der Waals surface area contributed by atoms with Crippen LogP contribution in [0.5, 0.6) is 0 Å². The highest BCUT2D eigenvalue weighted by Gasteiger charge is 2.15. The Morgan fingerprint density at radius 2 is 2.00 bits per heavy atom. The highest BCUT2D eigenvalue weighted by molar-refractivity contribution is 7.89. The molecular formula is C9H11Cl2NO3S. The van der Waals surface area contributed by atoms with Gasteiger partial charge in [0.25, 0.3) is 0 Å². The monoisotopic (exact) mass is 283 g/mol. The summed E-state index contributed by atoms with van der Waals surface area (Å²) >= 11 is 11.4. The smallest absolute Gasteiger partial charge is 0.240 e. The van der Waals surface area contributed by atoms with Crippen molar-refractivity contribution >= 4 is 33.2 Å². The summed E-state index contributed by atoms with van der Waals surface area (Å²) in [5.74, 6) is 0. The molecule has 0 saturated heterocycles. The van der Waals surface area contributed by atoms with E-state index in [4.69, 9.17) is 28.3 Å². The molecule has 1 unspecified atom stereocenters. The van der Waals surface area contributed by atoms with Crippen LogP contribution >= 0.6 is 23.2 Å². The maximum atomic E-state index is 11.7. The Morgan fingerprint density at radius 3 is 2.50 bits per heavy atom. The lowest BCUT2D eigenvalue weighted by Gasteiger charge is -2.08. The van der Waals surface area contributed by atoms with Crippen LogP contribution in [0.4, 0.5) is 0 Å². The van der Waals surface area contributed by atoms with E-state index in [-0.39, 0.29) is 21.5 Å². The molecule has 0 aliphatic carbocycles. The molecule has 16 heavy (non-hydrogen) atoms. The molecule has 4 nitrogen and oxygen atoms in total. The van der Waals surface area contributed by atoms with Crippen LogP contribution in [0.25, 0.3) is 0 Å². The molecule has 0 bridgehead atoms. The largest absolute Gasteiger partial charge is 0.392 e. The predicted molar refractivity (Wildman–Crippen MR) is 63.3 cm³/mol. The number of aliphatic hydroxyl groups is 1. The Labute approximate surface area is 104 Å². The number of hydrogen-bond donors (Lipinski definition) is 2. The molecule has 0 aliphatic rings. The normalized spacial score (nSPS) is 13.8. The number of rotatable bonds is 4. The number of hydrogen-bond acceptors (Lipinski definition) is 3. The third-order valence-corrected chi connectivity index (χ3v) is 3.93. The number of aliphatic hydroxyl groups excluding tert-OH is 1. The van der Waals surface area contributed by atoms with Crippen molar-refractivity contribution in [1.29, 1.82) is 0 Å². The molecule has 0 aliphatic heterocycles. The average molecular weight is 284 g/mol. The Bertz CT molecular complexity index is 474. The molecule has 0 aromatic heterocycles. The van der Waals surface area contributed by atoms with Crippen LogP contribution in [0.2, 0.25) is 10.0 Å². The fraction of sp³-hybridized carbons (Fsp3) is 0.333. The third kappa shape index (κ3) is 3.61. The van der Waals surface area contributed by atoms with E-state index in [1.165, 1.54) is 25.1 Å². The van der Waals surface area contributed by atoms with Gasteiger partial charge in [-0.15, -0.1) is 0 Å². The highest BCUT2D eigenvalue weighted by Crippen LogP contribution is 2.24. The molecular weight excluding hydrogens is 273 g/mol. The van der Waals surface area contributed by atoms with Crippen LogP contribution < -0.4 is 4.72 Å². The Morgan fingerprint density at radius 1 is 1.38 bits per heavy atom. The van der Waals surface area contributed by atoms with Crippen molar-refractivity contribution in [2.24, 2.45) is 0 Å². The standard InChI is InChI=1S/C9H11Cl2NO3S/c1-6(13)5-12-16(14,15)7-2-3-8(10)9(11)4-7/h2-4,6,12-13H,5H2,1H3. The molecule has 1 rings (SSSR count). The second-order valence-electron chi connectivity index (χ2n) is 3.28. The number of benzene rings is 1. The zero-order valence-corrected chi connectivity index (χ0v) is 10.8. The number of nitrogens with one attached hydrogen (secondary N) is 1. The number of halogens is 2. The first-order valence-electron chi connectivity index (χ1n) is 4.45. The van der Waals surface area contributed by atoms with E-state index in [0.29, 0.717) is 0 Å². The van der Waals surface area contributed by atoms with Crippen molar-refractivity contribution in [3.05, 3.63) is 28.2 Å². The van der Waals surface area contributed by atoms with E-state index < -0.39 is 16.1 Å². The summed E-state index contributed by atoms with van der Waals surface area (Å²) in [6.07, 6.45) is -0.752. The Hall–Kier alpha value is -0.330. The Kier molecular flexibility index (Phi) is 4.58. The fourth-order valence-electron chi connectivity index (χ4n) is 0.958. The molecule has 0 amide bonds. The minimum Gasteiger partial charge on any atom is -0.392 e. The molecule has 0 radical (unpaired) electrons. The van der Waals surface area contributed by atoms with Gasteiger partial charge in [0.2, 0.25) is 10.0 Å². The molecule has 1 aromatic rings. The summed E-state index contributed by atoms with van der Waals surface area (Å²) < 4.78 is 25.6. The van der Waals surface area contributed by atoms with E-state index in [2.05, 4.69) is 4.72 Å². The molecule has 0 spiro atoms. The van der Waals surface area contributed by atoms with Crippen LogP contribution in [-0.2, 0) is 10.0 Å². The van der Waals surface area contributed by atoms with E-state index in [9.17, 15) is 8.42 Å². The second kappa shape index (κ2) is 5.33. The van der Waals surface area contributed by atoms with Crippen LogP contribution in [0.15, 0.2) is 23.1 Å².